The Hall–Kier alpha value is -3.24. The van der Waals surface area contributed by atoms with Gasteiger partial charge in [0.05, 0.1) is 24.2 Å². The highest BCUT2D eigenvalue weighted by molar-refractivity contribution is 5.92. The van der Waals surface area contributed by atoms with Gasteiger partial charge in [-0.3, -0.25) is 4.79 Å². The second kappa shape index (κ2) is 10.2. The summed E-state index contributed by atoms with van der Waals surface area (Å²) in [6.07, 6.45) is 0.116. The van der Waals surface area contributed by atoms with Gasteiger partial charge in [0, 0.05) is 24.2 Å². The zero-order valence-electron chi connectivity index (χ0n) is 24.3. The van der Waals surface area contributed by atoms with E-state index in [1.54, 1.807) is 13.2 Å². The number of benzene rings is 2. The number of amides is 1. The molecule has 1 spiro atoms. The molecule has 7 nitrogen and oxygen atoms in total. The summed E-state index contributed by atoms with van der Waals surface area (Å²) in [4.78, 5) is 18.0. The molecular formula is C32H37F3N2O5. The molecule has 1 saturated heterocycles. The van der Waals surface area contributed by atoms with E-state index in [4.69, 9.17) is 9.47 Å². The van der Waals surface area contributed by atoms with Crippen LogP contribution in [0.5, 0.6) is 17.2 Å². The molecule has 2 aliphatic carbocycles. The number of piperidine rings is 1. The van der Waals surface area contributed by atoms with Gasteiger partial charge in [0.25, 0.3) is 0 Å². The van der Waals surface area contributed by atoms with Crippen LogP contribution in [0.2, 0.25) is 0 Å². The first-order chi connectivity index (χ1) is 19.9. The van der Waals surface area contributed by atoms with Gasteiger partial charge < -0.3 is 29.1 Å². The number of carbonyl (C=O) groups excluding carboxylic acids is 1. The second-order valence-electron chi connectivity index (χ2n) is 12.5. The normalized spacial score (nSPS) is 29.8. The van der Waals surface area contributed by atoms with E-state index in [1.165, 1.54) is 30.4 Å². The summed E-state index contributed by atoms with van der Waals surface area (Å²) >= 11 is 0. The number of alkyl halides is 3. The minimum atomic E-state index is -4.80. The lowest BCUT2D eigenvalue weighted by Crippen LogP contribution is -2.78. The first-order valence-electron chi connectivity index (χ1n) is 14.5. The summed E-state index contributed by atoms with van der Waals surface area (Å²) in [6.45, 7) is 5.33. The van der Waals surface area contributed by atoms with Gasteiger partial charge in [-0.1, -0.05) is 32.0 Å². The van der Waals surface area contributed by atoms with E-state index in [0.29, 0.717) is 42.9 Å². The molecule has 2 aliphatic heterocycles. The maximum Gasteiger partial charge on any atom is 0.573 e. The van der Waals surface area contributed by atoms with E-state index in [9.17, 15) is 23.1 Å². The van der Waals surface area contributed by atoms with Crippen molar-refractivity contribution in [2.75, 3.05) is 27.2 Å². The molecular weight excluding hydrogens is 549 g/mol. The Balaban J connectivity index is 1.37. The molecule has 2 heterocycles. The number of hydrogen-bond acceptors (Lipinski definition) is 6. The van der Waals surface area contributed by atoms with Crippen LogP contribution < -0.4 is 14.2 Å². The lowest BCUT2D eigenvalue weighted by atomic mass is 9.48. The van der Waals surface area contributed by atoms with Crippen LogP contribution in [0, 0.1) is 5.92 Å². The zero-order chi connectivity index (χ0) is 30.0. The Morgan fingerprint density at radius 2 is 2.05 bits per heavy atom. The van der Waals surface area contributed by atoms with Crippen molar-refractivity contribution >= 4 is 12.0 Å². The largest absolute Gasteiger partial charge is 0.573 e. The van der Waals surface area contributed by atoms with Gasteiger partial charge in [-0.25, -0.2) is 0 Å². The number of likely N-dealkylation sites (tertiary alicyclic amines) is 1. The molecule has 5 atom stereocenters. The molecule has 2 aromatic carbocycles. The molecule has 226 valence electrons. The highest BCUT2D eigenvalue weighted by atomic mass is 19.4. The monoisotopic (exact) mass is 586 g/mol. The first-order valence-corrected chi connectivity index (χ1v) is 14.5. The molecule has 1 N–H and O–H groups in total. The quantitative estimate of drug-likeness (QED) is 0.464. The van der Waals surface area contributed by atoms with Crippen molar-refractivity contribution in [1.82, 2.24) is 9.80 Å². The maximum atomic E-state index is 13.9. The number of aliphatic hydroxyl groups is 1. The van der Waals surface area contributed by atoms with Crippen molar-refractivity contribution in [2.24, 2.45) is 5.92 Å². The fourth-order valence-electron chi connectivity index (χ4n) is 8.06. The number of ether oxygens (including phenoxy) is 3. The third kappa shape index (κ3) is 4.45. The molecule has 0 unspecified atom stereocenters. The van der Waals surface area contributed by atoms with Crippen molar-refractivity contribution < 1.29 is 37.3 Å². The average molecular weight is 587 g/mol. The van der Waals surface area contributed by atoms with Crippen LogP contribution in [0.25, 0.3) is 6.08 Å². The molecule has 0 aromatic heterocycles. The van der Waals surface area contributed by atoms with Gasteiger partial charge in [-0.05, 0) is 80.6 Å². The van der Waals surface area contributed by atoms with Crippen LogP contribution in [0.3, 0.4) is 0 Å². The minimum absolute atomic E-state index is 0.0644. The van der Waals surface area contributed by atoms with Crippen LogP contribution in [-0.4, -0.2) is 78.2 Å². The van der Waals surface area contributed by atoms with Crippen molar-refractivity contribution in [1.29, 1.82) is 0 Å². The summed E-state index contributed by atoms with van der Waals surface area (Å²) in [5.41, 5.74) is 0.880. The predicted octanol–water partition coefficient (Wildman–Crippen LogP) is 4.94. The zero-order valence-corrected chi connectivity index (χ0v) is 24.3. The molecule has 4 aliphatic rings. The van der Waals surface area contributed by atoms with Crippen molar-refractivity contribution in [3.8, 4) is 17.2 Å². The van der Waals surface area contributed by atoms with Crippen molar-refractivity contribution in [3.63, 3.8) is 0 Å². The number of hydrogen-bond donors (Lipinski definition) is 1. The fraction of sp³-hybridized carbons (Fsp3) is 0.531. The Morgan fingerprint density at radius 3 is 2.76 bits per heavy atom. The Labute approximate surface area is 243 Å². The van der Waals surface area contributed by atoms with E-state index in [0.717, 1.165) is 24.1 Å². The second-order valence-corrected chi connectivity index (χ2v) is 12.5. The lowest BCUT2D eigenvalue weighted by Gasteiger charge is -2.64. The highest BCUT2D eigenvalue weighted by Crippen LogP contribution is 2.65. The van der Waals surface area contributed by atoms with Gasteiger partial charge >= 0.3 is 6.36 Å². The summed E-state index contributed by atoms with van der Waals surface area (Å²) in [7, 11) is 3.68. The van der Waals surface area contributed by atoms with Gasteiger partial charge in [-0.15, -0.1) is 13.2 Å². The Kier molecular flexibility index (Phi) is 7.00. The van der Waals surface area contributed by atoms with Crippen LogP contribution in [0.4, 0.5) is 13.2 Å². The number of methoxy groups -OCH3 is 1. The molecule has 2 bridgehead atoms. The molecule has 10 heteroatoms. The number of halogens is 3. The maximum absolute atomic E-state index is 13.9. The van der Waals surface area contributed by atoms with Crippen molar-refractivity contribution in [3.05, 3.63) is 59.2 Å². The molecule has 0 radical (unpaired) electrons. The average Bonchev–Trinajstić information content (AvgIpc) is 3.27. The van der Waals surface area contributed by atoms with Crippen LogP contribution in [0.1, 0.15) is 49.8 Å². The van der Waals surface area contributed by atoms with E-state index in [-0.39, 0.29) is 29.7 Å². The predicted molar refractivity (Wildman–Crippen MR) is 151 cm³/mol. The van der Waals surface area contributed by atoms with E-state index in [1.807, 2.05) is 24.8 Å². The Morgan fingerprint density at radius 1 is 1.26 bits per heavy atom. The van der Waals surface area contributed by atoms with Crippen LogP contribution in [-0.2, 0) is 16.6 Å². The number of likely N-dealkylation sites (N-methyl/N-ethyl adjacent to an activating group) is 1. The number of rotatable bonds is 7. The van der Waals surface area contributed by atoms with E-state index in [2.05, 4.69) is 22.8 Å². The third-order valence-corrected chi connectivity index (χ3v) is 9.66. The summed E-state index contributed by atoms with van der Waals surface area (Å²) < 4.78 is 54.7. The van der Waals surface area contributed by atoms with Gasteiger partial charge in [-0.2, -0.15) is 0 Å². The van der Waals surface area contributed by atoms with Gasteiger partial charge in [0.1, 0.15) is 11.9 Å². The minimum Gasteiger partial charge on any atom is -0.493 e. The van der Waals surface area contributed by atoms with Crippen LogP contribution in [0.15, 0.2) is 42.5 Å². The third-order valence-electron chi connectivity index (χ3n) is 9.66. The van der Waals surface area contributed by atoms with E-state index >= 15 is 0 Å². The number of nitrogens with zero attached hydrogens (tertiary/aromatic N) is 2. The first kappa shape index (κ1) is 28.9. The SMILES string of the molecule is COc1ccc2c3c1O[C@H]1[C@H](N(CC(C)C)C(=O)C=Cc4cccc(OC(F)(F)F)c4)CC[C@@]4(O)[C@@H](C2)N(C)CC[C@]314. The molecule has 2 fully saturated rings. The van der Waals surface area contributed by atoms with Crippen LogP contribution >= 0.6 is 0 Å². The highest BCUT2D eigenvalue weighted by Gasteiger charge is 2.73. The molecule has 42 heavy (non-hydrogen) atoms. The van der Waals surface area contributed by atoms with Crippen molar-refractivity contribution in [2.45, 2.75) is 75.1 Å². The Bertz CT molecular complexity index is 1410. The van der Waals surface area contributed by atoms with Gasteiger partial charge in [0.15, 0.2) is 11.5 Å². The van der Waals surface area contributed by atoms with E-state index < -0.39 is 23.5 Å². The lowest BCUT2D eigenvalue weighted by molar-refractivity contribution is -0.274. The summed E-state index contributed by atoms with van der Waals surface area (Å²) in [5.74, 6) is 0.832. The summed E-state index contributed by atoms with van der Waals surface area (Å²) in [6, 6.07) is 9.15. The molecule has 1 saturated carbocycles. The molecule has 1 amide bonds. The smallest absolute Gasteiger partial charge is 0.493 e. The summed E-state index contributed by atoms with van der Waals surface area (Å²) in [5, 5.41) is 12.6. The fourth-order valence-corrected chi connectivity index (χ4v) is 8.06. The molecule has 6 rings (SSSR count). The number of carbonyl (C=O) groups is 1. The molecule has 2 aromatic rings. The standard InChI is InChI=1S/C32H37F3N2O5/c1-19(2)18-37(26(38)11-8-20-6-5-7-22(16-20)42-32(33,34)35)23-12-13-31(39)25-17-21-9-10-24(40-4)28-27(21)30(31,29(23)41-28)14-15-36(25)3/h5-11,16,19,23,25,29,39H,12-15,17-18H2,1-4H3/t23-,25-,29+,30+,31-/m1/s1. The van der Waals surface area contributed by atoms with Gasteiger partial charge in [0.2, 0.25) is 5.91 Å². The topological polar surface area (TPSA) is 71.5 Å².